The van der Waals surface area contributed by atoms with Crippen molar-refractivity contribution in [2.45, 2.75) is 63.3 Å². The number of likely N-dealkylation sites (tertiary alicyclic amines) is 2. The summed E-state index contributed by atoms with van der Waals surface area (Å²) in [6.07, 6.45) is 11.5. The minimum Gasteiger partial charge on any atom is -0.342 e. The van der Waals surface area contributed by atoms with Gasteiger partial charge in [0.1, 0.15) is 0 Å². The van der Waals surface area contributed by atoms with Crippen LogP contribution in [0, 0.1) is 11.8 Å². The minimum atomic E-state index is 0.163. The fourth-order valence-electron chi connectivity index (χ4n) is 6.89. The van der Waals surface area contributed by atoms with Crippen LogP contribution in [-0.2, 0) is 16.8 Å². The molecule has 1 aromatic carbocycles. The molecule has 1 atom stereocenters. The zero-order chi connectivity index (χ0) is 19.7. The highest BCUT2D eigenvalue weighted by molar-refractivity contribution is 5.78. The van der Waals surface area contributed by atoms with Gasteiger partial charge in [0, 0.05) is 25.2 Å². The Kier molecular flexibility index (Phi) is 5.66. The molecule has 4 heteroatoms. The molecule has 0 bridgehead atoms. The van der Waals surface area contributed by atoms with Gasteiger partial charge in [-0.3, -0.25) is 9.69 Å². The van der Waals surface area contributed by atoms with Crippen molar-refractivity contribution in [3.05, 3.63) is 35.4 Å². The average molecular weight is 396 g/mol. The molecule has 4 nitrogen and oxygen atoms in total. The Bertz CT molecular complexity index is 715. The molecular formula is C25H37N3O. The normalized spacial score (nSPS) is 29.3. The summed E-state index contributed by atoms with van der Waals surface area (Å²) in [5, 5.41) is 4.11. The summed E-state index contributed by atoms with van der Waals surface area (Å²) >= 11 is 0. The third-order valence-electron chi connectivity index (χ3n) is 8.32. The summed E-state index contributed by atoms with van der Waals surface area (Å²) < 4.78 is 0. The molecule has 0 spiro atoms. The Labute approximate surface area is 176 Å². The zero-order valence-corrected chi connectivity index (χ0v) is 17.9. The van der Waals surface area contributed by atoms with Crippen molar-refractivity contribution < 1.29 is 4.79 Å². The topological polar surface area (TPSA) is 35.6 Å². The van der Waals surface area contributed by atoms with Crippen molar-refractivity contribution in [1.29, 1.82) is 0 Å². The van der Waals surface area contributed by atoms with Crippen LogP contribution < -0.4 is 5.32 Å². The number of nitrogens with zero attached hydrogens (tertiary/aromatic N) is 2. The van der Waals surface area contributed by atoms with Gasteiger partial charge in [-0.2, -0.15) is 0 Å². The van der Waals surface area contributed by atoms with Gasteiger partial charge in [0.25, 0.3) is 0 Å². The molecular weight excluding hydrogens is 358 g/mol. The molecule has 29 heavy (non-hydrogen) atoms. The van der Waals surface area contributed by atoms with Crippen LogP contribution in [0.1, 0.15) is 62.5 Å². The van der Waals surface area contributed by atoms with E-state index in [1.54, 1.807) is 11.1 Å². The van der Waals surface area contributed by atoms with E-state index in [0.717, 1.165) is 45.1 Å². The quantitative estimate of drug-likeness (QED) is 0.847. The number of hydrogen-bond donors (Lipinski definition) is 1. The van der Waals surface area contributed by atoms with Gasteiger partial charge in [0.05, 0.1) is 6.54 Å². The first-order valence-corrected chi connectivity index (χ1v) is 12.1. The smallest absolute Gasteiger partial charge is 0.236 e. The maximum Gasteiger partial charge on any atom is 0.236 e. The van der Waals surface area contributed by atoms with Gasteiger partial charge in [0.2, 0.25) is 5.91 Å². The van der Waals surface area contributed by atoms with Crippen LogP contribution in [-0.4, -0.2) is 55.0 Å². The fraction of sp³-hybridized carbons (Fsp3) is 0.720. The average Bonchev–Trinajstić information content (AvgIpc) is 3.48. The van der Waals surface area contributed by atoms with Gasteiger partial charge in [-0.25, -0.2) is 0 Å². The standard InChI is InChI=1S/C25H37N3O/c29-24(28-15-5-6-16-28)19-27-17-12-22(13-18-27)25(21-8-2-3-9-21)23-10-4-1-7-20(23)11-14-26-25/h1,4,7,10,21-22,26H,2-3,5-6,8-9,11-19H2. The lowest BCUT2D eigenvalue weighted by Gasteiger charge is -2.52. The van der Waals surface area contributed by atoms with Gasteiger partial charge in [0.15, 0.2) is 0 Å². The van der Waals surface area contributed by atoms with Gasteiger partial charge in [-0.15, -0.1) is 0 Å². The van der Waals surface area contributed by atoms with Crippen LogP contribution in [0.4, 0.5) is 0 Å². The molecule has 4 aliphatic rings. The molecule has 0 radical (unpaired) electrons. The van der Waals surface area contributed by atoms with Gasteiger partial charge >= 0.3 is 0 Å². The molecule has 1 N–H and O–H groups in total. The van der Waals surface area contributed by atoms with Crippen molar-refractivity contribution in [3.8, 4) is 0 Å². The number of amides is 1. The van der Waals surface area contributed by atoms with Gasteiger partial charge in [-0.05, 0) is 81.0 Å². The number of rotatable bonds is 4. The third kappa shape index (κ3) is 3.63. The Morgan fingerprint density at radius 3 is 2.38 bits per heavy atom. The number of benzene rings is 1. The summed E-state index contributed by atoms with van der Waals surface area (Å²) in [5.41, 5.74) is 3.34. The van der Waals surface area contributed by atoms with Crippen LogP contribution in [0.25, 0.3) is 0 Å². The molecule has 1 aromatic rings. The number of piperidine rings is 1. The maximum absolute atomic E-state index is 12.6. The Morgan fingerprint density at radius 2 is 1.62 bits per heavy atom. The van der Waals surface area contributed by atoms with E-state index in [1.165, 1.54) is 51.4 Å². The highest BCUT2D eigenvalue weighted by atomic mass is 16.2. The van der Waals surface area contributed by atoms with E-state index in [0.29, 0.717) is 18.4 Å². The van der Waals surface area contributed by atoms with E-state index in [-0.39, 0.29) is 5.54 Å². The van der Waals surface area contributed by atoms with E-state index in [2.05, 4.69) is 39.4 Å². The number of carbonyl (C=O) groups excluding carboxylic acids is 1. The highest BCUT2D eigenvalue weighted by Gasteiger charge is 2.49. The highest BCUT2D eigenvalue weighted by Crippen LogP contribution is 2.50. The minimum absolute atomic E-state index is 0.163. The van der Waals surface area contributed by atoms with Gasteiger partial charge in [-0.1, -0.05) is 37.1 Å². The second-order valence-electron chi connectivity index (χ2n) is 9.82. The van der Waals surface area contributed by atoms with Crippen LogP contribution in [0.3, 0.4) is 0 Å². The van der Waals surface area contributed by atoms with E-state index < -0.39 is 0 Å². The first kappa shape index (κ1) is 19.6. The SMILES string of the molecule is O=C(CN1CCC(C2(C3CCCC3)NCCc3ccccc32)CC1)N1CCCC1. The lowest BCUT2D eigenvalue weighted by Crippen LogP contribution is -2.59. The second-order valence-corrected chi connectivity index (χ2v) is 9.82. The van der Waals surface area contributed by atoms with Crippen molar-refractivity contribution in [1.82, 2.24) is 15.1 Å². The second kappa shape index (κ2) is 8.39. The molecule has 1 amide bonds. The lowest BCUT2D eigenvalue weighted by atomic mass is 9.63. The molecule has 2 saturated heterocycles. The van der Waals surface area contributed by atoms with E-state index in [1.807, 2.05) is 0 Å². The summed E-state index contributed by atoms with van der Waals surface area (Å²) in [6.45, 7) is 5.83. The molecule has 1 unspecified atom stereocenters. The predicted molar refractivity (Wildman–Crippen MR) is 117 cm³/mol. The maximum atomic E-state index is 12.6. The molecule has 158 valence electrons. The van der Waals surface area contributed by atoms with E-state index in [9.17, 15) is 4.79 Å². The molecule has 3 aliphatic heterocycles. The molecule has 5 rings (SSSR count). The Hall–Kier alpha value is -1.39. The van der Waals surface area contributed by atoms with Crippen LogP contribution in [0.15, 0.2) is 24.3 Å². The number of carbonyl (C=O) groups is 1. The summed E-state index contributed by atoms with van der Waals surface area (Å²) in [6, 6.07) is 9.25. The first-order chi connectivity index (χ1) is 14.3. The van der Waals surface area contributed by atoms with Crippen LogP contribution in [0.2, 0.25) is 0 Å². The van der Waals surface area contributed by atoms with Gasteiger partial charge < -0.3 is 10.2 Å². The largest absolute Gasteiger partial charge is 0.342 e. The monoisotopic (exact) mass is 395 g/mol. The summed E-state index contributed by atoms with van der Waals surface area (Å²) in [4.78, 5) is 17.1. The fourth-order valence-corrected chi connectivity index (χ4v) is 6.89. The third-order valence-corrected chi connectivity index (χ3v) is 8.32. The molecule has 3 fully saturated rings. The molecule has 1 saturated carbocycles. The number of hydrogen-bond acceptors (Lipinski definition) is 3. The van der Waals surface area contributed by atoms with Crippen LogP contribution in [0.5, 0.6) is 0 Å². The number of nitrogens with one attached hydrogen (secondary N) is 1. The number of fused-ring (bicyclic) bond motifs is 1. The lowest BCUT2D eigenvalue weighted by molar-refractivity contribution is -0.131. The zero-order valence-electron chi connectivity index (χ0n) is 17.9. The van der Waals surface area contributed by atoms with E-state index >= 15 is 0 Å². The molecule has 1 aliphatic carbocycles. The van der Waals surface area contributed by atoms with E-state index in [4.69, 9.17) is 0 Å². The predicted octanol–water partition coefficient (Wildman–Crippen LogP) is 3.55. The first-order valence-electron chi connectivity index (χ1n) is 12.1. The summed E-state index contributed by atoms with van der Waals surface area (Å²) in [7, 11) is 0. The summed E-state index contributed by atoms with van der Waals surface area (Å²) in [5.74, 6) is 1.81. The molecule has 3 heterocycles. The van der Waals surface area contributed by atoms with Crippen molar-refractivity contribution >= 4 is 5.91 Å². The Balaban J connectivity index is 1.32. The van der Waals surface area contributed by atoms with Crippen molar-refractivity contribution in [2.75, 3.05) is 39.3 Å². The molecule has 0 aromatic heterocycles. The van der Waals surface area contributed by atoms with Crippen molar-refractivity contribution in [2.24, 2.45) is 11.8 Å². The Morgan fingerprint density at radius 1 is 0.931 bits per heavy atom. The van der Waals surface area contributed by atoms with Crippen molar-refractivity contribution in [3.63, 3.8) is 0 Å². The van der Waals surface area contributed by atoms with Crippen LogP contribution >= 0.6 is 0 Å².